The van der Waals surface area contributed by atoms with Gasteiger partial charge in [0.1, 0.15) is 9.47 Å². The minimum absolute atomic E-state index is 0.755. The van der Waals surface area contributed by atoms with Gasteiger partial charge in [-0.3, -0.25) is 0 Å². The van der Waals surface area contributed by atoms with Crippen molar-refractivity contribution >= 4 is 45.7 Å². The Bertz CT molecular complexity index is 859. The Hall–Kier alpha value is -2.58. The fourth-order valence-corrected chi connectivity index (χ4v) is 2.96. The second kappa shape index (κ2) is 6.92. The Balaban J connectivity index is 0.000000254. The van der Waals surface area contributed by atoms with E-state index in [1.807, 2.05) is 18.2 Å². The zero-order chi connectivity index (χ0) is 16.1. The number of hydrogen-bond acceptors (Lipinski definition) is 5. The number of aliphatic carboxylic acids is 2. The maximum absolute atomic E-state index is 9.10. The lowest BCUT2D eigenvalue weighted by Gasteiger charge is -1.98. The summed E-state index contributed by atoms with van der Waals surface area (Å²) in [6.07, 6.45) is 1.65. The topological polar surface area (TPSA) is 103 Å². The standard InChI is InChI=1S/C12H8N2S2.C2H2O4/c15-11-10-9(8-4-2-1-3-5-8)6-16-12(10)14-7-13-11;3-1(4)2(5)6/h1-7H,(H,13,14,15);(H,3,4)(H,5,6). The van der Waals surface area contributed by atoms with Crippen molar-refractivity contribution in [1.29, 1.82) is 0 Å². The van der Waals surface area contributed by atoms with E-state index in [-0.39, 0.29) is 0 Å². The maximum atomic E-state index is 9.10. The molecule has 0 radical (unpaired) electrons. The van der Waals surface area contributed by atoms with Crippen molar-refractivity contribution in [3.05, 3.63) is 46.7 Å². The summed E-state index contributed by atoms with van der Waals surface area (Å²) in [7, 11) is 0. The van der Waals surface area contributed by atoms with E-state index in [2.05, 4.69) is 27.5 Å². The smallest absolute Gasteiger partial charge is 0.414 e. The molecule has 0 saturated carbocycles. The first-order valence-corrected chi connectivity index (χ1v) is 7.26. The molecule has 6 nitrogen and oxygen atoms in total. The van der Waals surface area contributed by atoms with Crippen molar-refractivity contribution < 1.29 is 19.8 Å². The number of aromatic nitrogens is 2. The Kier molecular flexibility index (Phi) is 4.97. The molecule has 3 aromatic rings. The summed E-state index contributed by atoms with van der Waals surface area (Å²) in [6.45, 7) is 0. The van der Waals surface area contributed by atoms with Gasteiger partial charge in [0.2, 0.25) is 0 Å². The van der Waals surface area contributed by atoms with E-state index in [1.54, 1.807) is 17.7 Å². The third-order valence-corrected chi connectivity index (χ3v) is 3.85. The average molecular weight is 334 g/mol. The maximum Gasteiger partial charge on any atom is 0.414 e. The van der Waals surface area contributed by atoms with Crippen LogP contribution in [0.4, 0.5) is 0 Å². The molecule has 8 heteroatoms. The summed E-state index contributed by atoms with van der Waals surface area (Å²) in [5.41, 5.74) is 2.34. The molecule has 0 fully saturated rings. The molecule has 0 aliphatic carbocycles. The minimum atomic E-state index is -1.82. The number of fused-ring (bicyclic) bond motifs is 1. The van der Waals surface area contributed by atoms with Crippen LogP contribution in [-0.2, 0) is 9.59 Å². The average Bonchev–Trinajstić information content (AvgIpc) is 2.94. The first-order chi connectivity index (χ1) is 10.5. The Morgan fingerprint density at radius 2 is 1.77 bits per heavy atom. The molecule has 0 atom stereocenters. The van der Waals surface area contributed by atoms with E-state index in [9.17, 15) is 0 Å². The normalized spacial score (nSPS) is 9.82. The number of rotatable bonds is 1. The summed E-state index contributed by atoms with van der Waals surface area (Å²) in [4.78, 5) is 26.5. The van der Waals surface area contributed by atoms with E-state index in [0.717, 1.165) is 20.4 Å². The minimum Gasteiger partial charge on any atom is -0.473 e. The molecule has 3 N–H and O–H groups in total. The first kappa shape index (κ1) is 15.8. The number of carbonyl (C=O) groups is 2. The summed E-state index contributed by atoms with van der Waals surface area (Å²) in [5, 5.41) is 17.9. The molecule has 0 spiro atoms. The van der Waals surface area contributed by atoms with Crippen LogP contribution in [0.25, 0.3) is 21.3 Å². The molecule has 112 valence electrons. The van der Waals surface area contributed by atoms with Crippen LogP contribution in [0.1, 0.15) is 0 Å². The number of aromatic amines is 1. The molecule has 0 saturated heterocycles. The molecule has 2 heterocycles. The van der Waals surface area contributed by atoms with Crippen molar-refractivity contribution in [1.82, 2.24) is 9.97 Å². The Morgan fingerprint density at radius 3 is 2.36 bits per heavy atom. The van der Waals surface area contributed by atoms with E-state index >= 15 is 0 Å². The van der Waals surface area contributed by atoms with E-state index in [0.29, 0.717) is 0 Å². The first-order valence-electron chi connectivity index (χ1n) is 5.97. The highest BCUT2D eigenvalue weighted by Gasteiger charge is 2.08. The van der Waals surface area contributed by atoms with Gasteiger partial charge in [-0.05, 0) is 5.56 Å². The molecule has 2 aromatic heterocycles. The predicted molar refractivity (Wildman–Crippen MR) is 85.5 cm³/mol. The van der Waals surface area contributed by atoms with Crippen LogP contribution in [0, 0.1) is 4.64 Å². The molecule has 0 aliphatic heterocycles. The van der Waals surface area contributed by atoms with Gasteiger partial charge in [0.25, 0.3) is 0 Å². The molecule has 3 rings (SSSR count). The molecular weight excluding hydrogens is 324 g/mol. The number of nitrogens with zero attached hydrogens (tertiary/aromatic N) is 1. The van der Waals surface area contributed by atoms with Gasteiger partial charge in [0, 0.05) is 10.9 Å². The molecule has 0 unspecified atom stereocenters. The van der Waals surface area contributed by atoms with Gasteiger partial charge in [-0.25, -0.2) is 14.6 Å². The summed E-state index contributed by atoms with van der Waals surface area (Å²) < 4.78 is 0.755. The largest absolute Gasteiger partial charge is 0.473 e. The van der Waals surface area contributed by atoms with E-state index in [1.165, 1.54) is 5.56 Å². The van der Waals surface area contributed by atoms with E-state index in [4.69, 9.17) is 32.0 Å². The summed E-state index contributed by atoms with van der Waals surface area (Å²) in [6, 6.07) is 10.2. The number of H-pyrrole nitrogens is 1. The van der Waals surface area contributed by atoms with Gasteiger partial charge < -0.3 is 15.2 Å². The molecule has 1 aromatic carbocycles. The molecule has 0 bridgehead atoms. The van der Waals surface area contributed by atoms with Gasteiger partial charge in [-0.15, -0.1) is 11.3 Å². The van der Waals surface area contributed by atoms with Gasteiger partial charge in [-0.2, -0.15) is 0 Å². The number of carboxylic acids is 2. The van der Waals surface area contributed by atoms with Gasteiger partial charge in [0.15, 0.2) is 0 Å². The highest BCUT2D eigenvalue weighted by atomic mass is 32.1. The van der Waals surface area contributed by atoms with Crippen LogP contribution in [-0.4, -0.2) is 32.1 Å². The van der Waals surface area contributed by atoms with Crippen molar-refractivity contribution in [3.8, 4) is 11.1 Å². The fraction of sp³-hybridized carbons (Fsp3) is 0. The molecule has 0 aliphatic rings. The second-order valence-electron chi connectivity index (χ2n) is 4.04. The van der Waals surface area contributed by atoms with Crippen LogP contribution >= 0.6 is 23.6 Å². The lowest BCUT2D eigenvalue weighted by molar-refractivity contribution is -0.159. The highest BCUT2D eigenvalue weighted by molar-refractivity contribution is 7.71. The van der Waals surface area contributed by atoms with E-state index < -0.39 is 11.9 Å². The van der Waals surface area contributed by atoms with Crippen molar-refractivity contribution in [2.75, 3.05) is 0 Å². The lowest BCUT2D eigenvalue weighted by Crippen LogP contribution is -2.09. The number of benzene rings is 1. The SMILES string of the molecule is O=C(O)C(=O)O.S=c1[nH]cnc2scc(-c3ccccc3)c12. The third kappa shape index (κ3) is 3.54. The van der Waals surface area contributed by atoms with Gasteiger partial charge in [0.05, 0.1) is 11.7 Å². The Labute approximate surface area is 133 Å². The third-order valence-electron chi connectivity index (χ3n) is 2.64. The second-order valence-corrected chi connectivity index (χ2v) is 5.30. The summed E-state index contributed by atoms with van der Waals surface area (Å²) in [5.74, 6) is -3.65. The van der Waals surface area contributed by atoms with Crippen molar-refractivity contribution in [3.63, 3.8) is 0 Å². The van der Waals surface area contributed by atoms with Crippen LogP contribution in [0.15, 0.2) is 42.0 Å². The van der Waals surface area contributed by atoms with Crippen LogP contribution < -0.4 is 0 Å². The van der Waals surface area contributed by atoms with Gasteiger partial charge in [-0.1, -0.05) is 42.5 Å². The fourth-order valence-electron chi connectivity index (χ4n) is 1.71. The summed E-state index contributed by atoms with van der Waals surface area (Å²) >= 11 is 6.93. The van der Waals surface area contributed by atoms with Crippen molar-refractivity contribution in [2.45, 2.75) is 0 Å². The number of nitrogens with one attached hydrogen (secondary N) is 1. The zero-order valence-corrected chi connectivity index (χ0v) is 12.6. The van der Waals surface area contributed by atoms with Crippen LogP contribution in [0.5, 0.6) is 0 Å². The van der Waals surface area contributed by atoms with Gasteiger partial charge >= 0.3 is 11.9 Å². The molecular formula is C14H10N2O4S2. The van der Waals surface area contributed by atoms with Crippen LogP contribution in [0.2, 0.25) is 0 Å². The monoisotopic (exact) mass is 334 g/mol. The van der Waals surface area contributed by atoms with Crippen LogP contribution in [0.3, 0.4) is 0 Å². The number of thiophene rings is 1. The predicted octanol–water partition coefficient (Wildman–Crippen LogP) is 3.18. The molecule has 0 amide bonds. The Morgan fingerprint density at radius 1 is 1.14 bits per heavy atom. The number of hydrogen-bond donors (Lipinski definition) is 3. The van der Waals surface area contributed by atoms with Crippen molar-refractivity contribution in [2.24, 2.45) is 0 Å². The highest BCUT2D eigenvalue weighted by Crippen LogP contribution is 2.32. The quantitative estimate of drug-likeness (QED) is 0.466. The zero-order valence-electron chi connectivity index (χ0n) is 11.0. The molecule has 22 heavy (non-hydrogen) atoms. The number of carboxylic acid groups (broad SMARTS) is 2. The lowest BCUT2D eigenvalue weighted by atomic mass is 10.1.